The van der Waals surface area contributed by atoms with Gasteiger partial charge in [-0.25, -0.2) is 9.18 Å². The van der Waals surface area contributed by atoms with Gasteiger partial charge in [0.2, 0.25) is 5.82 Å². The molecule has 8 heteroatoms. The number of rotatable bonds is 5. The minimum atomic E-state index is -0.674. The zero-order valence-corrected chi connectivity index (χ0v) is 18.5. The topological polar surface area (TPSA) is 80.5 Å². The molecule has 7 nitrogen and oxygen atoms in total. The third-order valence-corrected chi connectivity index (χ3v) is 5.69. The zero-order chi connectivity index (χ0) is 23.7. The maximum Gasteiger partial charge on any atom is 0.326 e. The van der Waals surface area contributed by atoms with Crippen LogP contribution in [0.15, 0.2) is 89.1 Å². The van der Waals surface area contributed by atoms with Crippen molar-refractivity contribution in [1.82, 2.24) is 15.5 Å². The van der Waals surface area contributed by atoms with E-state index in [9.17, 15) is 9.18 Å². The highest BCUT2D eigenvalue weighted by molar-refractivity contribution is 6.01. The number of aromatic nitrogens is 2. The normalized spacial score (nSPS) is 15.9. The fourth-order valence-corrected chi connectivity index (χ4v) is 4.03. The smallest absolute Gasteiger partial charge is 0.326 e. The van der Waals surface area contributed by atoms with Crippen LogP contribution in [0.2, 0.25) is 0 Å². The van der Waals surface area contributed by atoms with Gasteiger partial charge in [-0.1, -0.05) is 35.5 Å². The molecule has 3 aromatic carbocycles. The molecular weight excluding hydrogens is 435 g/mol. The molecule has 170 valence electrons. The third kappa shape index (κ3) is 3.90. The first-order valence-corrected chi connectivity index (χ1v) is 10.7. The molecule has 4 aromatic rings. The molecule has 1 aliphatic heterocycles. The summed E-state index contributed by atoms with van der Waals surface area (Å²) in [5, 5.41) is 7.12. The van der Waals surface area contributed by atoms with E-state index < -0.39 is 11.9 Å². The highest BCUT2D eigenvalue weighted by Crippen LogP contribution is 2.39. The number of para-hydroxylation sites is 1. The van der Waals surface area contributed by atoms with Gasteiger partial charge in [0, 0.05) is 11.3 Å². The number of methoxy groups -OCH3 is 1. The van der Waals surface area contributed by atoms with Gasteiger partial charge in [0.15, 0.2) is 0 Å². The molecule has 5 rings (SSSR count). The van der Waals surface area contributed by atoms with Crippen LogP contribution in [0, 0.1) is 5.82 Å². The van der Waals surface area contributed by atoms with E-state index in [1.54, 1.807) is 24.1 Å². The van der Waals surface area contributed by atoms with Crippen molar-refractivity contribution in [3.63, 3.8) is 0 Å². The van der Waals surface area contributed by atoms with Crippen LogP contribution >= 0.6 is 0 Å². The first-order valence-electron chi connectivity index (χ1n) is 10.7. The molecular formula is C26H21FN4O3. The minimum absolute atomic E-state index is 0.235. The first kappa shape index (κ1) is 21.4. The van der Waals surface area contributed by atoms with Gasteiger partial charge in [-0.15, -0.1) is 0 Å². The summed E-state index contributed by atoms with van der Waals surface area (Å²) in [6, 6.07) is 21.6. The number of ether oxygens (including phenoxy) is 1. The number of benzene rings is 3. The molecule has 1 atom stereocenters. The van der Waals surface area contributed by atoms with Crippen molar-refractivity contribution >= 4 is 17.3 Å². The summed E-state index contributed by atoms with van der Waals surface area (Å²) >= 11 is 0. The van der Waals surface area contributed by atoms with Gasteiger partial charge in [-0.05, 0) is 61.0 Å². The number of halogens is 1. The molecule has 1 unspecified atom stereocenters. The number of nitrogens with zero attached hydrogens (tertiary/aromatic N) is 3. The number of amides is 2. The second-order valence-electron chi connectivity index (χ2n) is 7.76. The Labute approximate surface area is 195 Å². The predicted molar refractivity (Wildman–Crippen MR) is 125 cm³/mol. The van der Waals surface area contributed by atoms with Crippen molar-refractivity contribution in [3.05, 3.63) is 102 Å². The fraction of sp³-hybridized carbons (Fsp3) is 0.115. The average Bonchev–Trinajstić information content (AvgIpc) is 3.34. The summed E-state index contributed by atoms with van der Waals surface area (Å²) in [7, 11) is 1.60. The molecule has 1 aromatic heterocycles. The van der Waals surface area contributed by atoms with Crippen molar-refractivity contribution in [1.29, 1.82) is 0 Å². The van der Waals surface area contributed by atoms with Crippen LogP contribution in [0.3, 0.4) is 0 Å². The van der Waals surface area contributed by atoms with E-state index in [0.717, 1.165) is 5.56 Å². The highest BCUT2D eigenvalue weighted by Gasteiger charge is 2.36. The maximum absolute atomic E-state index is 14.1. The van der Waals surface area contributed by atoms with E-state index in [4.69, 9.17) is 9.26 Å². The molecule has 0 saturated heterocycles. The fourth-order valence-electron chi connectivity index (χ4n) is 4.03. The lowest BCUT2D eigenvalue weighted by molar-refractivity contribution is 0.244. The lowest BCUT2D eigenvalue weighted by atomic mass is 9.94. The first-order chi connectivity index (χ1) is 16.5. The van der Waals surface area contributed by atoms with Crippen molar-refractivity contribution < 1.29 is 18.4 Å². The van der Waals surface area contributed by atoms with E-state index in [2.05, 4.69) is 15.5 Å². The molecule has 0 saturated carbocycles. The molecule has 2 amide bonds. The van der Waals surface area contributed by atoms with Crippen LogP contribution in [0.5, 0.6) is 5.75 Å². The van der Waals surface area contributed by atoms with Crippen LogP contribution < -0.4 is 15.0 Å². The Morgan fingerprint density at radius 2 is 1.79 bits per heavy atom. The number of urea groups is 1. The molecule has 0 fully saturated rings. The summed E-state index contributed by atoms with van der Waals surface area (Å²) in [6.07, 6.45) is 0. The van der Waals surface area contributed by atoms with Gasteiger partial charge < -0.3 is 14.6 Å². The Bertz CT molecular complexity index is 1370. The highest BCUT2D eigenvalue weighted by atomic mass is 19.1. The SMILES string of the molecule is COc1ccc(-c2noc(C3=C(C)N(c4ccccc4)C(=O)NC3c3cccc(F)c3)n2)cc1. The van der Waals surface area contributed by atoms with Crippen molar-refractivity contribution in [2.75, 3.05) is 12.0 Å². The number of allylic oxidation sites excluding steroid dienone is 1. The van der Waals surface area contributed by atoms with E-state index in [1.807, 2.05) is 61.5 Å². The zero-order valence-electron chi connectivity index (χ0n) is 18.5. The number of anilines is 1. The number of nitrogens with one attached hydrogen (secondary N) is 1. The Balaban J connectivity index is 1.63. The van der Waals surface area contributed by atoms with E-state index >= 15 is 0 Å². The summed E-state index contributed by atoms with van der Waals surface area (Å²) < 4.78 is 24.9. The van der Waals surface area contributed by atoms with Gasteiger partial charge in [-0.3, -0.25) is 4.90 Å². The van der Waals surface area contributed by atoms with E-state index in [0.29, 0.717) is 34.1 Å². The van der Waals surface area contributed by atoms with Crippen LogP contribution in [-0.4, -0.2) is 23.3 Å². The molecule has 1 N–H and O–H groups in total. The quantitative estimate of drug-likeness (QED) is 0.424. The van der Waals surface area contributed by atoms with Crippen LogP contribution in [0.4, 0.5) is 14.9 Å². The number of carbonyl (C=O) groups is 1. The van der Waals surface area contributed by atoms with Crippen LogP contribution in [-0.2, 0) is 0 Å². The Morgan fingerprint density at radius 1 is 1.03 bits per heavy atom. The standard InChI is InChI=1S/C26H21FN4O3/c1-16-22(25-29-24(30-34-25)17-11-13-21(33-2)14-12-17)23(18-7-6-8-19(27)15-18)28-26(32)31(16)20-9-4-3-5-10-20/h3-15,23H,1-2H3,(H,28,32). The molecule has 0 spiro atoms. The Kier molecular flexibility index (Phi) is 5.55. The Hall–Kier alpha value is -4.46. The van der Waals surface area contributed by atoms with E-state index in [-0.39, 0.29) is 11.9 Å². The van der Waals surface area contributed by atoms with Crippen molar-refractivity contribution in [2.24, 2.45) is 0 Å². The summed E-state index contributed by atoms with van der Waals surface area (Å²) in [5.41, 5.74) is 3.19. The van der Waals surface area contributed by atoms with Crippen molar-refractivity contribution in [3.8, 4) is 17.1 Å². The Morgan fingerprint density at radius 3 is 2.50 bits per heavy atom. The second-order valence-corrected chi connectivity index (χ2v) is 7.76. The number of hydrogen-bond donors (Lipinski definition) is 1. The van der Waals surface area contributed by atoms with Gasteiger partial charge in [0.25, 0.3) is 5.89 Å². The largest absolute Gasteiger partial charge is 0.497 e. The third-order valence-electron chi connectivity index (χ3n) is 5.69. The van der Waals surface area contributed by atoms with Gasteiger partial charge in [-0.2, -0.15) is 4.98 Å². The maximum atomic E-state index is 14.1. The lowest BCUT2D eigenvalue weighted by Crippen LogP contribution is -2.46. The molecule has 1 aliphatic rings. The molecule has 0 radical (unpaired) electrons. The van der Waals surface area contributed by atoms with E-state index in [1.165, 1.54) is 12.1 Å². The molecule has 34 heavy (non-hydrogen) atoms. The van der Waals surface area contributed by atoms with Gasteiger partial charge in [0.05, 0.1) is 24.4 Å². The van der Waals surface area contributed by atoms with Crippen molar-refractivity contribution in [2.45, 2.75) is 13.0 Å². The molecule has 0 aliphatic carbocycles. The summed E-state index contributed by atoms with van der Waals surface area (Å²) in [4.78, 5) is 19.3. The summed E-state index contributed by atoms with van der Waals surface area (Å²) in [5.74, 6) is 0.932. The molecule has 0 bridgehead atoms. The predicted octanol–water partition coefficient (Wildman–Crippen LogP) is 5.59. The number of carbonyl (C=O) groups excluding carboxylic acids is 1. The lowest BCUT2D eigenvalue weighted by Gasteiger charge is -2.35. The van der Waals surface area contributed by atoms with Crippen LogP contribution in [0.25, 0.3) is 17.0 Å². The molecule has 2 heterocycles. The van der Waals surface area contributed by atoms with Gasteiger partial charge in [0.1, 0.15) is 11.6 Å². The minimum Gasteiger partial charge on any atom is -0.497 e. The monoisotopic (exact) mass is 456 g/mol. The van der Waals surface area contributed by atoms with Gasteiger partial charge >= 0.3 is 6.03 Å². The van der Waals surface area contributed by atoms with Crippen LogP contribution in [0.1, 0.15) is 24.4 Å². The average molecular weight is 456 g/mol. The number of hydrogen-bond acceptors (Lipinski definition) is 5. The summed E-state index contributed by atoms with van der Waals surface area (Å²) in [6.45, 7) is 1.81. The second kappa shape index (κ2) is 8.82.